The van der Waals surface area contributed by atoms with E-state index in [2.05, 4.69) is 6.58 Å². The summed E-state index contributed by atoms with van der Waals surface area (Å²) in [7, 11) is 1.52. The molecule has 1 atom stereocenters. The van der Waals surface area contributed by atoms with Gasteiger partial charge in [-0.15, -0.1) is 0 Å². The van der Waals surface area contributed by atoms with E-state index in [1.165, 1.54) is 20.1 Å². The van der Waals surface area contributed by atoms with Crippen molar-refractivity contribution in [3.63, 3.8) is 0 Å². The van der Waals surface area contributed by atoms with Gasteiger partial charge in [0.05, 0.1) is 6.10 Å². The van der Waals surface area contributed by atoms with E-state index in [1.54, 1.807) is 6.92 Å². The van der Waals surface area contributed by atoms with Gasteiger partial charge in [0.15, 0.2) is 0 Å². The highest BCUT2D eigenvalue weighted by atomic mass is 16.5. The molecule has 0 aromatic rings. The average Bonchev–Trinajstić information content (AvgIpc) is 1.98. The van der Waals surface area contributed by atoms with Gasteiger partial charge >= 0.3 is 5.97 Å². The molecule has 0 fully saturated rings. The Hall–Kier alpha value is -1.09. The molecule has 0 aliphatic heterocycles. The van der Waals surface area contributed by atoms with Crippen LogP contribution in [0.25, 0.3) is 0 Å². The number of aliphatic carboxylic acids is 1. The third-order valence-corrected chi connectivity index (χ3v) is 1.48. The van der Waals surface area contributed by atoms with Crippen molar-refractivity contribution in [3.8, 4) is 0 Å². The molecule has 1 unspecified atom stereocenters. The van der Waals surface area contributed by atoms with Gasteiger partial charge in [0.25, 0.3) is 0 Å². The zero-order chi connectivity index (χ0) is 9.72. The molecule has 0 aromatic carbocycles. The largest absolute Gasteiger partial charge is 0.478 e. The lowest BCUT2D eigenvalue weighted by Gasteiger charge is -2.10. The molecule has 0 heterocycles. The summed E-state index contributed by atoms with van der Waals surface area (Å²) in [5.74, 6) is -0.932. The molecule has 68 valence electrons. The van der Waals surface area contributed by atoms with E-state index in [0.29, 0.717) is 0 Å². The smallest absolute Gasteiger partial charge is 0.331 e. The molecule has 0 saturated heterocycles. The van der Waals surface area contributed by atoms with Crippen LogP contribution in [0, 0.1) is 0 Å². The quantitative estimate of drug-likeness (QED) is 0.515. The summed E-state index contributed by atoms with van der Waals surface area (Å²) in [4.78, 5) is 10.4. The van der Waals surface area contributed by atoms with Gasteiger partial charge in [-0.1, -0.05) is 6.58 Å². The molecule has 0 saturated carbocycles. The zero-order valence-corrected chi connectivity index (χ0v) is 7.63. The Morgan fingerprint density at radius 1 is 1.58 bits per heavy atom. The minimum atomic E-state index is -0.932. The fourth-order valence-corrected chi connectivity index (χ4v) is 0.710. The highest BCUT2D eigenvalue weighted by molar-refractivity contribution is 5.85. The summed E-state index contributed by atoms with van der Waals surface area (Å²) in [6.07, 6.45) is 1.23. The van der Waals surface area contributed by atoms with E-state index in [9.17, 15) is 4.79 Å². The summed E-state index contributed by atoms with van der Waals surface area (Å²) in [6, 6.07) is 0. The number of hydrogen-bond donors (Lipinski definition) is 1. The molecule has 0 amide bonds. The first-order valence-corrected chi connectivity index (χ1v) is 3.59. The maximum Gasteiger partial charge on any atom is 0.331 e. The SMILES string of the molecule is C=C(C)C(C=C(C)C(=O)O)OC. The third kappa shape index (κ3) is 3.34. The Balaban J connectivity index is 4.46. The van der Waals surface area contributed by atoms with Crippen molar-refractivity contribution in [2.75, 3.05) is 7.11 Å². The van der Waals surface area contributed by atoms with Crippen molar-refractivity contribution in [2.45, 2.75) is 20.0 Å². The van der Waals surface area contributed by atoms with Crippen LogP contribution in [0.1, 0.15) is 13.8 Å². The number of carboxylic acids is 1. The summed E-state index contributed by atoms with van der Waals surface area (Å²) in [5, 5.41) is 8.55. The number of carboxylic acid groups (broad SMARTS) is 1. The molecule has 0 spiro atoms. The normalized spacial score (nSPS) is 14.1. The predicted octanol–water partition coefficient (Wildman–Crippen LogP) is 1.61. The molecule has 0 radical (unpaired) electrons. The molecule has 3 heteroatoms. The van der Waals surface area contributed by atoms with Crippen molar-refractivity contribution < 1.29 is 14.6 Å². The maximum atomic E-state index is 10.4. The van der Waals surface area contributed by atoms with Gasteiger partial charge in [0.2, 0.25) is 0 Å². The summed E-state index contributed by atoms with van der Waals surface area (Å²) < 4.78 is 4.99. The maximum absolute atomic E-state index is 10.4. The topological polar surface area (TPSA) is 46.5 Å². The molecule has 0 bridgehead atoms. The standard InChI is InChI=1S/C9H14O3/c1-6(2)8(12-4)5-7(3)9(10)11/h5,8H,1H2,2-4H3,(H,10,11). The van der Waals surface area contributed by atoms with E-state index in [4.69, 9.17) is 9.84 Å². The molecule has 3 nitrogen and oxygen atoms in total. The molecule has 0 rings (SSSR count). The lowest BCUT2D eigenvalue weighted by Crippen LogP contribution is -2.10. The highest BCUT2D eigenvalue weighted by Crippen LogP contribution is 2.07. The van der Waals surface area contributed by atoms with Gasteiger partial charge in [-0.25, -0.2) is 4.79 Å². The Labute approximate surface area is 72.3 Å². The fraction of sp³-hybridized carbons (Fsp3) is 0.444. The first kappa shape index (κ1) is 10.9. The van der Waals surface area contributed by atoms with E-state index in [0.717, 1.165) is 5.57 Å². The van der Waals surface area contributed by atoms with Gasteiger partial charge < -0.3 is 9.84 Å². The van der Waals surface area contributed by atoms with E-state index in [1.807, 2.05) is 0 Å². The van der Waals surface area contributed by atoms with Crippen molar-refractivity contribution in [1.82, 2.24) is 0 Å². The van der Waals surface area contributed by atoms with Crippen molar-refractivity contribution in [2.24, 2.45) is 0 Å². The molecule has 1 N–H and O–H groups in total. The summed E-state index contributed by atoms with van der Waals surface area (Å²) in [5.41, 5.74) is 1.06. The van der Waals surface area contributed by atoms with Crippen LogP contribution in [0.5, 0.6) is 0 Å². The van der Waals surface area contributed by atoms with Crippen molar-refractivity contribution >= 4 is 5.97 Å². The molecule has 12 heavy (non-hydrogen) atoms. The van der Waals surface area contributed by atoms with Gasteiger partial charge in [0, 0.05) is 12.7 Å². The number of methoxy groups -OCH3 is 1. The van der Waals surface area contributed by atoms with Crippen LogP contribution in [0.3, 0.4) is 0 Å². The van der Waals surface area contributed by atoms with Crippen LogP contribution in [0.2, 0.25) is 0 Å². The van der Waals surface area contributed by atoms with Gasteiger partial charge in [-0.2, -0.15) is 0 Å². The molecule has 0 aliphatic rings. The molecule has 0 aromatic heterocycles. The number of rotatable bonds is 4. The van der Waals surface area contributed by atoms with Crippen LogP contribution < -0.4 is 0 Å². The number of hydrogen-bond acceptors (Lipinski definition) is 2. The third-order valence-electron chi connectivity index (χ3n) is 1.48. The number of carbonyl (C=O) groups is 1. The molecular formula is C9H14O3. The minimum Gasteiger partial charge on any atom is -0.478 e. The van der Waals surface area contributed by atoms with Crippen LogP contribution in [0.4, 0.5) is 0 Å². The second kappa shape index (κ2) is 4.72. The van der Waals surface area contributed by atoms with Gasteiger partial charge in [0.1, 0.15) is 0 Å². The van der Waals surface area contributed by atoms with Crippen LogP contribution in [-0.2, 0) is 9.53 Å². The lowest BCUT2D eigenvalue weighted by molar-refractivity contribution is -0.132. The predicted molar refractivity (Wildman–Crippen MR) is 47.0 cm³/mol. The fourth-order valence-electron chi connectivity index (χ4n) is 0.710. The van der Waals surface area contributed by atoms with E-state index in [-0.39, 0.29) is 11.7 Å². The van der Waals surface area contributed by atoms with Crippen LogP contribution in [0.15, 0.2) is 23.8 Å². The second-order valence-corrected chi connectivity index (χ2v) is 2.66. The van der Waals surface area contributed by atoms with Crippen molar-refractivity contribution in [1.29, 1.82) is 0 Å². The monoisotopic (exact) mass is 170 g/mol. The Kier molecular flexibility index (Phi) is 4.29. The van der Waals surface area contributed by atoms with E-state index < -0.39 is 5.97 Å². The summed E-state index contributed by atoms with van der Waals surface area (Å²) in [6.45, 7) is 6.99. The first-order valence-electron chi connectivity index (χ1n) is 3.59. The van der Waals surface area contributed by atoms with Crippen molar-refractivity contribution in [3.05, 3.63) is 23.8 Å². The van der Waals surface area contributed by atoms with Gasteiger partial charge in [-0.3, -0.25) is 0 Å². The van der Waals surface area contributed by atoms with Gasteiger partial charge in [-0.05, 0) is 25.5 Å². The zero-order valence-electron chi connectivity index (χ0n) is 7.63. The van der Waals surface area contributed by atoms with Crippen LogP contribution in [-0.4, -0.2) is 24.3 Å². The molecule has 0 aliphatic carbocycles. The Morgan fingerprint density at radius 3 is 2.33 bits per heavy atom. The van der Waals surface area contributed by atoms with Crippen LogP contribution >= 0.6 is 0 Å². The number of ether oxygens (including phenoxy) is 1. The Morgan fingerprint density at radius 2 is 2.08 bits per heavy atom. The average molecular weight is 170 g/mol. The highest BCUT2D eigenvalue weighted by Gasteiger charge is 2.07. The lowest BCUT2D eigenvalue weighted by atomic mass is 10.1. The second-order valence-electron chi connectivity index (χ2n) is 2.66. The molecular weight excluding hydrogens is 156 g/mol. The van der Waals surface area contributed by atoms with E-state index >= 15 is 0 Å². The first-order chi connectivity index (χ1) is 5.49. The minimum absolute atomic E-state index is 0.268. The Bertz CT molecular complexity index is 216. The summed E-state index contributed by atoms with van der Waals surface area (Å²) >= 11 is 0.